The minimum Gasteiger partial charge on any atom is -0.276 e. The molecule has 1 aromatic heterocycles. The minimum absolute atomic E-state index is 0.472. The lowest BCUT2D eigenvalue weighted by Crippen LogP contribution is -1.95. The fourth-order valence-corrected chi connectivity index (χ4v) is 2.69. The smallest absolute Gasteiger partial charge is 0.253 e. The fourth-order valence-electron chi connectivity index (χ4n) is 2.13. The van der Waals surface area contributed by atoms with Gasteiger partial charge >= 0.3 is 0 Å². The lowest BCUT2D eigenvalue weighted by atomic mass is 10.0. The van der Waals surface area contributed by atoms with E-state index in [0.29, 0.717) is 5.56 Å². The molecule has 3 rings (SSSR count). The second kappa shape index (κ2) is 5.35. The van der Waals surface area contributed by atoms with Crippen molar-refractivity contribution < 1.29 is 4.79 Å². The molecular formula is C16H9BrClNO. The molecule has 98 valence electrons. The zero-order valence-corrected chi connectivity index (χ0v) is 12.6. The van der Waals surface area contributed by atoms with E-state index in [1.165, 1.54) is 0 Å². The predicted octanol–water partition coefficient (Wildman–Crippen LogP) is 5.04. The zero-order valence-electron chi connectivity index (χ0n) is 10.3. The van der Waals surface area contributed by atoms with Crippen LogP contribution in [0, 0.1) is 0 Å². The third kappa shape index (κ3) is 2.47. The van der Waals surface area contributed by atoms with Gasteiger partial charge in [-0.05, 0) is 35.9 Å². The van der Waals surface area contributed by atoms with Crippen molar-refractivity contribution in [3.8, 4) is 11.3 Å². The Hall–Kier alpha value is -1.71. The van der Waals surface area contributed by atoms with E-state index in [1.54, 1.807) is 6.07 Å². The van der Waals surface area contributed by atoms with E-state index in [0.717, 1.165) is 26.6 Å². The molecule has 0 unspecified atom stereocenters. The van der Waals surface area contributed by atoms with Crippen LogP contribution in [-0.4, -0.2) is 10.2 Å². The standard InChI is InChI=1S/C16H9BrClNO/c17-11-5-3-4-10(8-11)15-9-13(16(18)20)12-6-1-2-7-14(12)19-15/h1-9H. The van der Waals surface area contributed by atoms with Crippen LogP contribution in [0.15, 0.2) is 59.1 Å². The van der Waals surface area contributed by atoms with Gasteiger partial charge in [0.2, 0.25) is 0 Å². The summed E-state index contributed by atoms with van der Waals surface area (Å²) in [4.78, 5) is 16.2. The number of halogens is 2. The first-order valence-corrected chi connectivity index (χ1v) is 7.18. The highest BCUT2D eigenvalue weighted by molar-refractivity contribution is 9.10. The van der Waals surface area contributed by atoms with Crippen LogP contribution in [0.3, 0.4) is 0 Å². The van der Waals surface area contributed by atoms with Crippen LogP contribution in [0.25, 0.3) is 22.2 Å². The average molecular weight is 347 g/mol. The molecule has 1 heterocycles. The average Bonchev–Trinajstić information content (AvgIpc) is 2.46. The molecule has 3 aromatic rings. The molecule has 2 aromatic carbocycles. The Bertz CT molecular complexity index is 816. The van der Waals surface area contributed by atoms with Gasteiger partial charge in [0.05, 0.1) is 11.2 Å². The summed E-state index contributed by atoms with van der Waals surface area (Å²) in [6.07, 6.45) is 0. The maximum atomic E-state index is 11.6. The molecule has 0 N–H and O–H groups in total. The third-order valence-electron chi connectivity index (χ3n) is 3.05. The first-order valence-electron chi connectivity index (χ1n) is 6.01. The van der Waals surface area contributed by atoms with Crippen molar-refractivity contribution in [3.63, 3.8) is 0 Å². The monoisotopic (exact) mass is 345 g/mol. The molecule has 0 aliphatic carbocycles. The number of carbonyl (C=O) groups excluding carboxylic acids is 1. The number of fused-ring (bicyclic) bond motifs is 1. The van der Waals surface area contributed by atoms with E-state index in [9.17, 15) is 4.79 Å². The highest BCUT2D eigenvalue weighted by atomic mass is 79.9. The second-order valence-electron chi connectivity index (χ2n) is 4.36. The van der Waals surface area contributed by atoms with E-state index in [2.05, 4.69) is 20.9 Å². The first kappa shape index (κ1) is 13.3. The Labute approximate surface area is 129 Å². The highest BCUT2D eigenvalue weighted by Crippen LogP contribution is 2.27. The van der Waals surface area contributed by atoms with Gasteiger partial charge in [0.1, 0.15) is 0 Å². The lowest BCUT2D eigenvalue weighted by Gasteiger charge is -2.07. The van der Waals surface area contributed by atoms with E-state index in [1.807, 2.05) is 48.5 Å². The zero-order chi connectivity index (χ0) is 14.1. The molecule has 0 saturated carbocycles. The van der Waals surface area contributed by atoms with Gasteiger partial charge in [0, 0.05) is 21.0 Å². The number of para-hydroxylation sites is 1. The molecule has 0 amide bonds. The molecule has 20 heavy (non-hydrogen) atoms. The van der Waals surface area contributed by atoms with Crippen LogP contribution in [0.2, 0.25) is 0 Å². The number of hydrogen-bond donors (Lipinski definition) is 0. The Kier molecular flexibility index (Phi) is 3.55. The molecule has 0 bridgehead atoms. The third-order valence-corrected chi connectivity index (χ3v) is 3.75. The van der Waals surface area contributed by atoms with Crippen LogP contribution in [0.1, 0.15) is 10.4 Å². The van der Waals surface area contributed by atoms with Crippen molar-refractivity contribution in [3.05, 3.63) is 64.6 Å². The lowest BCUT2D eigenvalue weighted by molar-refractivity contribution is 0.108. The van der Waals surface area contributed by atoms with Gasteiger partial charge in [0.15, 0.2) is 0 Å². The van der Waals surface area contributed by atoms with Crippen molar-refractivity contribution in [2.24, 2.45) is 0 Å². The number of carbonyl (C=O) groups is 1. The van der Waals surface area contributed by atoms with Gasteiger partial charge in [-0.2, -0.15) is 0 Å². The summed E-state index contributed by atoms with van der Waals surface area (Å²) in [7, 11) is 0. The van der Waals surface area contributed by atoms with E-state index in [4.69, 9.17) is 11.6 Å². The number of nitrogens with zero attached hydrogens (tertiary/aromatic N) is 1. The molecule has 0 radical (unpaired) electrons. The van der Waals surface area contributed by atoms with Crippen LogP contribution < -0.4 is 0 Å². The Morgan fingerprint density at radius 3 is 2.60 bits per heavy atom. The van der Waals surface area contributed by atoms with Crippen molar-refractivity contribution in [1.82, 2.24) is 4.98 Å². The summed E-state index contributed by atoms with van der Waals surface area (Å²) < 4.78 is 0.962. The number of benzene rings is 2. The summed E-state index contributed by atoms with van der Waals surface area (Å²) >= 11 is 9.13. The molecule has 0 spiro atoms. The van der Waals surface area contributed by atoms with E-state index in [-0.39, 0.29) is 0 Å². The normalized spacial score (nSPS) is 10.7. The molecule has 2 nitrogen and oxygen atoms in total. The largest absolute Gasteiger partial charge is 0.276 e. The summed E-state index contributed by atoms with van der Waals surface area (Å²) in [5.41, 5.74) is 2.90. The summed E-state index contributed by atoms with van der Waals surface area (Å²) in [6, 6.07) is 17.0. The maximum Gasteiger partial charge on any atom is 0.253 e. The Morgan fingerprint density at radius 2 is 1.85 bits per heavy atom. The SMILES string of the molecule is O=C(Cl)c1cc(-c2cccc(Br)c2)nc2ccccc12. The number of hydrogen-bond acceptors (Lipinski definition) is 2. The van der Waals surface area contributed by atoms with Crippen LogP contribution >= 0.6 is 27.5 Å². The van der Waals surface area contributed by atoms with Crippen LogP contribution in [-0.2, 0) is 0 Å². The van der Waals surface area contributed by atoms with Gasteiger partial charge in [-0.15, -0.1) is 0 Å². The quantitative estimate of drug-likeness (QED) is 0.608. The van der Waals surface area contributed by atoms with E-state index < -0.39 is 5.24 Å². The number of pyridine rings is 1. The van der Waals surface area contributed by atoms with Crippen molar-refractivity contribution in [2.75, 3.05) is 0 Å². The topological polar surface area (TPSA) is 30.0 Å². The summed E-state index contributed by atoms with van der Waals surface area (Å²) in [6.45, 7) is 0. The van der Waals surface area contributed by atoms with E-state index >= 15 is 0 Å². The van der Waals surface area contributed by atoms with Crippen molar-refractivity contribution >= 4 is 43.7 Å². The van der Waals surface area contributed by atoms with Gasteiger partial charge in [-0.1, -0.05) is 46.3 Å². The van der Waals surface area contributed by atoms with Crippen molar-refractivity contribution in [1.29, 1.82) is 0 Å². The predicted molar refractivity (Wildman–Crippen MR) is 85.1 cm³/mol. The number of aromatic nitrogens is 1. The molecule has 0 fully saturated rings. The molecule has 0 aliphatic heterocycles. The first-order chi connectivity index (χ1) is 9.65. The molecular weight excluding hydrogens is 338 g/mol. The molecule has 0 atom stereocenters. The maximum absolute atomic E-state index is 11.6. The second-order valence-corrected chi connectivity index (χ2v) is 5.62. The van der Waals surface area contributed by atoms with Gasteiger partial charge < -0.3 is 0 Å². The Balaban J connectivity index is 2.30. The van der Waals surface area contributed by atoms with Gasteiger partial charge in [-0.25, -0.2) is 4.98 Å². The molecule has 0 aliphatic rings. The molecule has 4 heteroatoms. The summed E-state index contributed by atoms with van der Waals surface area (Å²) in [5, 5.41) is 0.297. The fraction of sp³-hybridized carbons (Fsp3) is 0. The highest BCUT2D eigenvalue weighted by Gasteiger charge is 2.11. The van der Waals surface area contributed by atoms with Gasteiger partial charge in [0.25, 0.3) is 5.24 Å². The Morgan fingerprint density at radius 1 is 1.05 bits per heavy atom. The van der Waals surface area contributed by atoms with Crippen LogP contribution in [0.5, 0.6) is 0 Å². The van der Waals surface area contributed by atoms with Crippen molar-refractivity contribution in [2.45, 2.75) is 0 Å². The minimum atomic E-state index is -0.472. The number of rotatable bonds is 2. The molecule has 0 saturated heterocycles. The van der Waals surface area contributed by atoms with Crippen LogP contribution in [0.4, 0.5) is 0 Å². The summed E-state index contributed by atoms with van der Waals surface area (Å²) in [5.74, 6) is 0. The van der Waals surface area contributed by atoms with Gasteiger partial charge in [-0.3, -0.25) is 4.79 Å².